The van der Waals surface area contributed by atoms with Gasteiger partial charge in [0.15, 0.2) is 5.78 Å². The van der Waals surface area contributed by atoms with Crippen LogP contribution >= 0.6 is 31.9 Å². The fourth-order valence-electron chi connectivity index (χ4n) is 1.95. The van der Waals surface area contributed by atoms with Gasteiger partial charge in [-0.3, -0.25) is 4.79 Å². The van der Waals surface area contributed by atoms with E-state index in [9.17, 15) is 4.79 Å². The normalized spacial score (nSPS) is 20.8. The third-order valence-corrected chi connectivity index (χ3v) is 4.07. The van der Waals surface area contributed by atoms with Gasteiger partial charge in [-0.05, 0) is 30.0 Å². The minimum absolute atomic E-state index is 0.256. The second-order valence-electron chi connectivity index (χ2n) is 3.68. The van der Waals surface area contributed by atoms with E-state index in [1.807, 2.05) is 12.1 Å². The highest BCUT2D eigenvalue weighted by molar-refractivity contribution is 9.11. The van der Waals surface area contributed by atoms with Crippen LogP contribution in [0.25, 0.3) is 0 Å². The lowest BCUT2D eigenvalue weighted by Gasteiger charge is -2.23. The van der Waals surface area contributed by atoms with Gasteiger partial charge in [0.2, 0.25) is 0 Å². The second kappa shape index (κ2) is 3.78. The van der Waals surface area contributed by atoms with Gasteiger partial charge in [-0.2, -0.15) is 0 Å². The second-order valence-corrected chi connectivity index (χ2v) is 5.39. The molecule has 0 N–H and O–H groups in total. The maximum Gasteiger partial charge on any atom is 0.164 e. The molecule has 0 heterocycles. The van der Waals surface area contributed by atoms with Gasteiger partial charge in [0.1, 0.15) is 0 Å². The Morgan fingerprint density at radius 2 is 1.93 bits per heavy atom. The van der Waals surface area contributed by atoms with Crippen molar-refractivity contribution in [2.75, 3.05) is 0 Å². The van der Waals surface area contributed by atoms with Crippen LogP contribution in [0, 0.1) is 0 Å². The van der Waals surface area contributed by atoms with Crippen molar-refractivity contribution in [3.8, 4) is 0 Å². The van der Waals surface area contributed by atoms with E-state index in [2.05, 4.69) is 38.8 Å². The number of carbonyl (C=O) groups excluding carboxylic acids is 1. The lowest BCUT2D eigenvalue weighted by Crippen LogP contribution is -2.15. The number of fused-ring (bicyclic) bond motifs is 1. The van der Waals surface area contributed by atoms with E-state index in [0.717, 1.165) is 26.5 Å². The molecule has 0 radical (unpaired) electrons. The van der Waals surface area contributed by atoms with Crippen LogP contribution in [0.3, 0.4) is 0 Å². The van der Waals surface area contributed by atoms with Crippen LogP contribution < -0.4 is 0 Å². The smallest absolute Gasteiger partial charge is 0.164 e. The molecule has 0 spiro atoms. The van der Waals surface area contributed by atoms with E-state index in [-0.39, 0.29) is 5.78 Å². The van der Waals surface area contributed by atoms with E-state index in [0.29, 0.717) is 12.3 Å². The summed E-state index contributed by atoms with van der Waals surface area (Å²) in [6, 6.07) is 3.93. The molecule has 0 saturated carbocycles. The molecule has 0 amide bonds. The highest BCUT2D eigenvalue weighted by Gasteiger charge is 2.26. The molecule has 0 aromatic heterocycles. The monoisotopic (exact) mass is 316 g/mol. The van der Waals surface area contributed by atoms with Crippen LogP contribution in [0.4, 0.5) is 0 Å². The Morgan fingerprint density at radius 1 is 1.29 bits per heavy atom. The van der Waals surface area contributed by atoms with Crippen LogP contribution in [0.5, 0.6) is 0 Å². The number of benzene rings is 1. The van der Waals surface area contributed by atoms with Crippen LogP contribution in [-0.2, 0) is 0 Å². The highest BCUT2D eigenvalue weighted by atomic mass is 79.9. The fraction of sp³-hybridized carbons (Fsp3) is 0.364. The van der Waals surface area contributed by atoms with Crippen molar-refractivity contribution in [1.29, 1.82) is 0 Å². The summed E-state index contributed by atoms with van der Waals surface area (Å²) in [5.74, 6) is 0.723. The van der Waals surface area contributed by atoms with Gasteiger partial charge >= 0.3 is 0 Å². The van der Waals surface area contributed by atoms with E-state index in [1.54, 1.807) is 0 Å². The number of ketones is 1. The minimum atomic E-state index is 0.256. The predicted molar refractivity (Wildman–Crippen MR) is 63.8 cm³/mol. The summed E-state index contributed by atoms with van der Waals surface area (Å²) in [6.45, 7) is 2.17. The third kappa shape index (κ3) is 1.57. The maximum atomic E-state index is 11.8. The molecule has 3 heteroatoms. The average Bonchev–Trinajstić information content (AvgIpc) is 2.16. The molecule has 0 saturated heterocycles. The molecule has 74 valence electrons. The lowest BCUT2D eigenvalue weighted by atomic mass is 9.83. The van der Waals surface area contributed by atoms with Gasteiger partial charge in [0.05, 0.1) is 0 Å². The first-order valence-electron chi connectivity index (χ1n) is 4.62. The number of hydrogen-bond donors (Lipinski definition) is 0. The van der Waals surface area contributed by atoms with Crippen molar-refractivity contribution in [2.45, 2.75) is 25.7 Å². The molecule has 1 aromatic carbocycles. The molecular formula is C11H10Br2O. The Hall–Kier alpha value is -0.150. The first-order chi connectivity index (χ1) is 6.61. The van der Waals surface area contributed by atoms with Crippen molar-refractivity contribution in [1.82, 2.24) is 0 Å². The Bertz CT molecular complexity index is 399. The number of rotatable bonds is 0. The zero-order valence-electron chi connectivity index (χ0n) is 7.81. The van der Waals surface area contributed by atoms with E-state index >= 15 is 0 Å². The molecule has 14 heavy (non-hydrogen) atoms. The van der Waals surface area contributed by atoms with Gasteiger partial charge in [0.25, 0.3) is 0 Å². The molecule has 1 aliphatic rings. The lowest BCUT2D eigenvalue weighted by molar-refractivity contribution is 0.0967. The zero-order chi connectivity index (χ0) is 10.3. The summed E-state index contributed by atoms with van der Waals surface area (Å²) in [7, 11) is 0. The first kappa shape index (κ1) is 10.4. The third-order valence-electron chi connectivity index (χ3n) is 2.72. The van der Waals surface area contributed by atoms with Crippen molar-refractivity contribution in [3.05, 3.63) is 32.2 Å². The van der Waals surface area contributed by atoms with Crippen LogP contribution in [-0.4, -0.2) is 5.78 Å². The Kier molecular flexibility index (Phi) is 2.80. The molecule has 2 rings (SSSR count). The topological polar surface area (TPSA) is 17.1 Å². The summed E-state index contributed by atoms with van der Waals surface area (Å²) in [6.07, 6.45) is 1.63. The highest BCUT2D eigenvalue weighted by Crippen LogP contribution is 2.39. The van der Waals surface area contributed by atoms with E-state index in [1.165, 1.54) is 0 Å². The van der Waals surface area contributed by atoms with Crippen LogP contribution in [0.1, 0.15) is 41.6 Å². The van der Waals surface area contributed by atoms with Crippen molar-refractivity contribution < 1.29 is 4.79 Å². The number of carbonyl (C=O) groups is 1. The van der Waals surface area contributed by atoms with Crippen molar-refractivity contribution in [3.63, 3.8) is 0 Å². The number of hydrogen-bond acceptors (Lipinski definition) is 1. The molecule has 1 unspecified atom stereocenters. The van der Waals surface area contributed by atoms with Gasteiger partial charge in [-0.15, -0.1) is 0 Å². The maximum absolute atomic E-state index is 11.8. The van der Waals surface area contributed by atoms with Crippen LogP contribution in [0.15, 0.2) is 21.1 Å². The molecule has 1 nitrogen and oxygen atoms in total. The summed E-state index contributed by atoms with van der Waals surface area (Å²) >= 11 is 6.95. The van der Waals surface area contributed by atoms with Crippen molar-refractivity contribution in [2.24, 2.45) is 0 Å². The van der Waals surface area contributed by atoms with E-state index < -0.39 is 0 Å². The van der Waals surface area contributed by atoms with Crippen LogP contribution in [0.2, 0.25) is 0 Å². The molecule has 0 aliphatic heterocycles. The van der Waals surface area contributed by atoms with Gasteiger partial charge < -0.3 is 0 Å². The van der Waals surface area contributed by atoms with Gasteiger partial charge in [-0.1, -0.05) is 38.8 Å². The largest absolute Gasteiger partial charge is 0.294 e. The number of Topliss-reactive ketones (excluding diaryl/α,β-unsaturated/α-hetero) is 1. The molecule has 1 aromatic rings. The Morgan fingerprint density at radius 3 is 2.57 bits per heavy atom. The number of halogens is 2. The summed E-state index contributed by atoms with van der Waals surface area (Å²) in [4.78, 5) is 11.8. The Labute approximate surface area is 100 Å². The van der Waals surface area contributed by atoms with Crippen molar-refractivity contribution >= 4 is 37.6 Å². The summed E-state index contributed by atoms with van der Waals surface area (Å²) in [5.41, 5.74) is 2.04. The SMILES string of the molecule is CC1CCC(=O)c2c(Br)ccc(Br)c21. The average molecular weight is 318 g/mol. The Balaban J connectivity index is 2.71. The quantitative estimate of drug-likeness (QED) is 0.697. The molecular weight excluding hydrogens is 308 g/mol. The molecule has 0 fully saturated rings. The van der Waals surface area contributed by atoms with Gasteiger partial charge in [0, 0.05) is 20.9 Å². The van der Waals surface area contributed by atoms with E-state index in [4.69, 9.17) is 0 Å². The first-order valence-corrected chi connectivity index (χ1v) is 6.21. The summed E-state index contributed by atoms with van der Waals surface area (Å²) < 4.78 is 1.98. The predicted octanol–water partition coefficient (Wildman–Crippen LogP) is 4.29. The molecule has 0 bridgehead atoms. The minimum Gasteiger partial charge on any atom is -0.294 e. The fourth-order valence-corrected chi connectivity index (χ4v) is 3.24. The molecule has 1 atom stereocenters. The molecule has 1 aliphatic carbocycles. The summed E-state index contributed by atoms with van der Waals surface area (Å²) in [5, 5.41) is 0. The van der Waals surface area contributed by atoms with Gasteiger partial charge in [-0.25, -0.2) is 0 Å². The zero-order valence-corrected chi connectivity index (χ0v) is 11.0. The standard InChI is InChI=1S/C11H10Br2O/c1-6-2-5-9(14)11-8(13)4-3-7(12)10(6)11/h3-4,6H,2,5H2,1H3.